The summed E-state index contributed by atoms with van der Waals surface area (Å²) in [6.07, 6.45) is 0. The van der Waals surface area contributed by atoms with Crippen LogP contribution in [0.3, 0.4) is 0 Å². The molecule has 2 amide bonds. The molecular formula is C23H20N2O4. The number of benzene rings is 3. The minimum Gasteiger partial charge on any atom is -0.465 e. The van der Waals surface area contributed by atoms with Gasteiger partial charge in [0.15, 0.2) is 0 Å². The van der Waals surface area contributed by atoms with Gasteiger partial charge in [0.1, 0.15) is 0 Å². The van der Waals surface area contributed by atoms with Gasteiger partial charge in [0, 0.05) is 29.5 Å². The molecule has 3 aromatic rings. The van der Waals surface area contributed by atoms with E-state index >= 15 is 0 Å². The fourth-order valence-electron chi connectivity index (χ4n) is 2.77. The zero-order chi connectivity index (χ0) is 20.8. The van der Waals surface area contributed by atoms with Crippen molar-refractivity contribution in [2.24, 2.45) is 0 Å². The summed E-state index contributed by atoms with van der Waals surface area (Å²) >= 11 is 0. The van der Waals surface area contributed by atoms with Crippen LogP contribution in [0, 0.1) is 0 Å². The Morgan fingerprint density at radius 2 is 1.45 bits per heavy atom. The number of nitrogens with zero attached hydrogens (tertiary/aromatic N) is 1. The van der Waals surface area contributed by atoms with Crippen LogP contribution in [0.15, 0.2) is 78.9 Å². The van der Waals surface area contributed by atoms with Gasteiger partial charge >= 0.3 is 5.97 Å². The zero-order valence-corrected chi connectivity index (χ0v) is 16.1. The summed E-state index contributed by atoms with van der Waals surface area (Å²) in [6, 6.07) is 22.2. The third kappa shape index (κ3) is 4.68. The van der Waals surface area contributed by atoms with E-state index in [4.69, 9.17) is 0 Å². The summed E-state index contributed by atoms with van der Waals surface area (Å²) < 4.78 is 4.65. The topological polar surface area (TPSA) is 75.7 Å². The van der Waals surface area contributed by atoms with Gasteiger partial charge in [0.2, 0.25) is 0 Å². The minimum atomic E-state index is -0.448. The molecule has 0 aliphatic heterocycles. The third-order valence-electron chi connectivity index (χ3n) is 4.38. The van der Waals surface area contributed by atoms with Crippen LogP contribution in [-0.4, -0.2) is 31.9 Å². The highest BCUT2D eigenvalue weighted by Gasteiger charge is 2.15. The minimum absolute atomic E-state index is 0.215. The Morgan fingerprint density at radius 3 is 2.10 bits per heavy atom. The lowest BCUT2D eigenvalue weighted by molar-refractivity contribution is 0.0600. The van der Waals surface area contributed by atoms with Crippen molar-refractivity contribution in [1.29, 1.82) is 0 Å². The molecule has 0 aromatic heterocycles. The summed E-state index contributed by atoms with van der Waals surface area (Å²) in [5, 5.41) is 2.75. The second kappa shape index (κ2) is 8.84. The van der Waals surface area contributed by atoms with E-state index in [1.165, 1.54) is 12.0 Å². The number of carbonyl (C=O) groups is 3. The van der Waals surface area contributed by atoms with Crippen LogP contribution in [0.25, 0.3) is 0 Å². The standard InChI is InChI=1S/C23H20N2O4/c1-25(20-9-4-3-5-10-20)22(27)18-8-6-7-17(15-18)21(26)24-19-13-11-16(12-14-19)23(28)29-2/h3-15H,1-2H3,(H,24,26). The number of hydrogen-bond donors (Lipinski definition) is 1. The quantitative estimate of drug-likeness (QED) is 0.671. The second-order valence-corrected chi connectivity index (χ2v) is 6.30. The Morgan fingerprint density at radius 1 is 0.793 bits per heavy atom. The molecule has 3 rings (SSSR count). The largest absolute Gasteiger partial charge is 0.465 e. The molecule has 0 heterocycles. The number of esters is 1. The van der Waals surface area contributed by atoms with Gasteiger partial charge in [-0.1, -0.05) is 24.3 Å². The van der Waals surface area contributed by atoms with Crippen LogP contribution in [0.1, 0.15) is 31.1 Å². The smallest absolute Gasteiger partial charge is 0.337 e. The maximum Gasteiger partial charge on any atom is 0.337 e. The number of nitrogens with one attached hydrogen (secondary N) is 1. The Kier molecular flexibility index (Phi) is 6.04. The van der Waals surface area contributed by atoms with E-state index in [2.05, 4.69) is 10.1 Å². The lowest BCUT2D eigenvalue weighted by Gasteiger charge is -2.17. The van der Waals surface area contributed by atoms with Crippen molar-refractivity contribution in [1.82, 2.24) is 0 Å². The highest BCUT2D eigenvalue weighted by molar-refractivity contribution is 6.09. The zero-order valence-electron chi connectivity index (χ0n) is 16.1. The van der Waals surface area contributed by atoms with Crippen molar-refractivity contribution in [3.63, 3.8) is 0 Å². The number of carbonyl (C=O) groups excluding carboxylic acids is 3. The highest BCUT2D eigenvalue weighted by Crippen LogP contribution is 2.17. The lowest BCUT2D eigenvalue weighted by Crippen LogP contribution is -2.26. The number of anilines is 2. The Bertz CT molecular complexity index is 1030. The maximum absolute atomic E-state index is 12.8. The summed E-state index contributed by atoms with van der Waals surface area (Å²) in [6.45, 7) is 0. The van der Waals surface area contributed by atoms with Crippen molar-refractivity contribution < 1.29 is 19.1 Å². The number of ether oxygens (including phenoxy) is 1. The predicted molar refractivity (Wildman–Crippen MR) is 111 cm³/mol. The van der Waals surface area contributed by atoms with Gasteiger partial charge in [-0.2, -0.15) is 0 Å². The fourth-order valence-corrected chi connectivity index (χ4v) is 2.77. The normalized spacial score (nSPS) is 10.1. The summed E-state index contributed by atoms with van der Waals surface area (Å²) in [5.74, 6) is -1.02. The number of hydrogen-bond acceptors (Lipinski definition) is 4. The summed E-state index contributed by atoms with van der Waals surface area (Å²) in [5.41, 5.74) is 2.44. The fraction of sp³-hybridized carbons (Fsp3) is 0.0870. The molecular weight excluding hydrogens is 368 g/mol. The molecule has 0 saturated heterocycles. The molecule has 0 radical (unpaired) electrons. The van der Waals surface area contributed by atoms with Crippen LogP contribution in [0.4, 0.5) is 11.4 Å². The van der Waals surface area contributed by atoms with Crippen LogP contribution in [-0.2, 0) is 4.74 Å². The first-order valence-electron chi connectivity index (χ1n) is 8.92. The molecule has 0 aliphatic rings. The van der Waals surface area contributed by atoms with Crippen LogP contribution < -0.4 is 10.2 Å². The van der Waals surface area contributed by atoms with Crippen molar-refractivity contribution in [3.8, 4) is 0 Å². The molecule has 0 bridgehead atoms. The van der Waals surface area contributed by atoms with Crippen molar-refractivity contribution >= 4 is 29.2 Å². The summed E-state index contributed by atoms with van der Waals surface area (Å²) in [7, 11) is 2.99. The molecule has 1 N–H and O–H groups in total. The molecule has 0 aliphatic carbocycles. The van der Waals surface area contributed by atoms with E-state index in [0.717, 1.165) is 5.69 Å². The van der Waals surface area contributed by atoms with Crippen molar-refractivity contribution in [3.05, 3.63) is 95.6 Å². The number of para-hydroxylation sites is 1. The van der Waals surface area contributed by atoms with Crippen LogP contribution in [0.5, 0.6) is 0 Å². The number of rotatable bonds is 5. The van der Waals surface area contributed by atoms with Crippen molar-refractivity contribution in [2.45, 2.75) is 0 Å². The van der Waals surface area contributed by atoms with Gasteiger partial charge < -0.3 is 15.0 Å². The van der Waals surface area contributed by atoms with Gasteiger partial charge in [0.05, 0.1) is 12.7 Å². The average molecular weight is 388 g/mol. The Balaban J connectivity index is 1.74. The van der Waals surface area contributed by atoms with Gasteiger partial charge in [0.25, 0.3) is 11.8 Å². The van der Waals surface area contributed by atoms with E-state index in [1.54, 1.807) is 55.6 Å². The monoisotopic (exact) mass is 388 g/mol. The van der Waals surface area contributed by atoms with Crippen molar-refractivity contribution in [2.75, 3.05) is 24.4 Å². The molecule has 6 nitrogen and oxygen atoms in total. The van der Waals surface area contributed by atoms with Gasteiger partial charge in [-0.25, -0.2) is 4.79 Å². The molecule has 0 atom stereocenters. The number of methoxy groups -OCH3 is 1. The van der Waals surface area contributed by atoms with E-state index < -0.39 is 5.97 Å². The lowest BCUT2D eigenvalue weighted by atomic mass is 10.1. The highest BCUT2D eigenvalue weighted by atomic mass is 16.5. The van der Waals surface area contributed by atoms with Gasteiger partial charge in [-0.05, 0) is 54.6 Å². The predicted octanol–water partition coefficient (Wildman–Crippen LogP) is 4.00. The van der Waals surface area contributed by atoms with E-state index in [1.807, 2.05) is 30.3 Å². The molecule has 0 saturated carbocycles. The molecule has 3 aromatic carbocycles. The Labute approximate surface area is 168 Å². The van der Waals surface area contributed by atoms with Gasteiger partial charge in [-0.3, -0.25) is 9.59 Å². The first-order valence-corrected chi connectivity index (χ1v) is 8.92. The van der Waals surface area contributed by atoms with E-state index in [-0.39, 0.29) is 11.8 Å². The molecule has 6 heteroatoms. The molecule has 0 unspecified atom stereocenters. The van der Waals surface area contributed by atoms with Crippen LogP contribution in [0.2, 0.25) is 0 Å². The summed E-state index contributed by atoms with van der Waals surface area (Å²) in [4.78, 5) is 38.3. The molecule has 0 fully saturated rings. The van der Waals surface area contributed by atoms with E-state index in [0.29, 0.717) is 22.4 Å². The SMILES string of the molecule is COC(=O)c1ccc(NC(=O)c2cccc(C(=O)N(C)c3ccccc3)c2)cc1. The first-order chi connectivity index (χ1) is 14.0. The average Bonchev–Trinajstić information content (AvgIpc) is 2.78. The second-order valence-electron chi connectivity index (χ2n) is 6.30. The van der Waals surface area contributed by atoms with Crippen LogP contribution >= 0.6 is 0 Å². The maximum atomic E-state index is 12.8. The number of amides is 2. The molecule has 0 spiro atoms. The third-order valence-corrected chi connectivity index (χ3v) is 4.38. The molecule has 29 heavy (non-hydrogen) atoms. The van der Waals surface area contributed by atoms with E-state index in [9.17, 15) is 14.4 Å². The molecule has 146 valence electrons. The Hall–Kier alpha value is -3.93. The van der Waals surface area contributed by atoms with Gasteiger partial charge in [-0.15, -0.1) is 0 Å². The first kappa shape index (κ1) is 19.8.